The first kappa shape index (κ1) is 36.8. The Hall–Kier alpha value is -3.54. The average molecular weight is 709 g/mol. The number of rotatable bonds is 11. The smallest absolute Gasteiger partial charge is 0.344 e. The summed E-state index contributed by atoms with van der Waals surface area (Å²) in [6, 6.07) is 14.1. The number of carbonyl (C=O) groups excluding carboxylic acids is 1. The van der Waals surface area contributed by atoms with E-state index in [1.807, 2.05) is 18.2 Å². The molecule has 3 saturated carbocycles. The zero-order chi connectivity index (χ0) is 36.6. The van der Waals surface area contributed by atoms with Crippen molar-refractivity contribution in [3.8, 4) is 17.2 Å². The van der Waals surface area contributed by atoms with Crippen LogP contribution in [0, 0.1) is 53.3 Å². The van der Waals surface area contributed by atoms with Crippen LogP contribution in [-0.2, 0) is 9.53 Å². The summed E-state index contributed by atoms with van der Waals surface area (Å²) >= 11 is 0. The van der Waals surface area contributed by atoms with Crippen molar-refractivity contribution in [3.63, 3.8) is 0 Å². The third-order valence-electron chi connectivity index (χ3n) is 14.0. The van der Waals surface area contributed by atoms with Crippen molar-refractivity contribution in [1.82, 2.24) is 0 Å². The first-order chi connectivity index (χ1) is 24.9. The molecule has 0 spiro atoms. The molecule has 7 rings (SSSR count). The van der Waals surface area contributed by atoms with Crippen molar-refractivity contribution in [2.75, 3.05) is 6.61 Å². The van der Waals surface area contributed by atoms with Crippen LogP contribution in [0.2, 0.25) is 0 Å². The zero-order valence-corrected chi connectivity index (χ0v) is 32.4. The molecular weight excluding hydrogens is 649 g/mol. The molecule has 0 amide bonds. The zero-order valence-electron chi connectivity index (χ0n) is 32.4. The Kier molecular flexibility index (Phi) is 10.7. The molecule has 0 saturated heterocycles. The Labute approximate surface area is 310 Å². The van der Waals surface area contributed by atoms with Crippen molar-refractivity contribution in [3.05, 3.63) is 76.2 Å². The Morgan fingerprint density at radius 3 is 2.54 bits per heavy atom. The number of carbonyl (C=O) groups is 1. The van der Waals surface area contributed by atoms with Gasteiger partial charge in [0.2, 0.25) is 11.2 Å². The van der Waals surface area contributed by atoms with Crippen LogP contribution in [0.1, 0.15) is 117 Å². The lowest BCUT2D eigenvalue weighted by Gasteiger charge is -2.61. The van der Waals surface area contributed by atoms with Gasteiger partial charge < -0.3 is 18.6 Å². The van der Waals surface area contributed by atoms with Gasteiger partial charge in [0.1, 0.15) is 28.9 Å². The number of esters is 1. The predicted molar refractivity (Wildman–Crippen MR) is 207 cm³/mol. The number of hydrogen-bond donors (Lipinski definition) is 0. The molecule has 0 bridgehead atoms. The molecule has 1 heterocycles. The molecule has 4 aliphatic carbocycles. The van der Waals surface area contributed by atoms with E-state index < -0.39 is 0 Å². The molecular formula is C46H60O6. The molecule has 3 fully saturated rings. The van der Waals surface area contributed by atoms with Gasteiger partial charge in [-0.2, -0.15) is 0 Å². The third-order valence-corrected chi connectivity index (χ3v) is 14.0. The summed E-state index contributed by atoms with van der Waals surface area (Å²) in [5.41, 5.74) is 2.34. The summed E-state index contributed by atoms with van der Waals surface area (Å²) in [4.78, 5) is 26.2. The minimum atomic E-state index is -0.365. The van der Waals surface area contributed by atoms with E-state index in [-0.39, 0.29) is 35.3 Å². The van der Waals surface area contributed by atoms with Gasteiger partial charge in [0, 0.05) is 12.5 Å². The fourth-order valence-electron chi connectivity index (χ4n) is 11.0. The van der Waals surface area contributed by atoms with E-state index in [1.165, 1.54) is 63.4 Å². The van der Waals surface area contributed by atoms with Crippen LogP contribution in [0.3, 0.4) is 0 Å². The molecule has 6 heteroatoms. The molecule has 0 radical (unpaired) electrons. The topological polar surface area (TPSA) is 75.0 Å². The highest BCUT2D eigenvalue weighted by Gasteiger charge is 2.56. The maximum atomic E-state index is 13.2. The molecule has 0 N–H and O–H groups in total. The second-order valence-corrected chi connectivity index (χ2v) is 17.8. The number of allylic oxidation sites excluding steroid dienone is 1. The second-order valence-electron chi connectivity index (χ2n) is 17.8. The molecule has 2 aromatic carbocycles. The van der Waals surface area contributed by atoms with Crippen LogP contribution >= 0.6 is 0 Å². The van der Waals surface area contributed by atoms with Gasteiger partial charge >= 0.3 is 5.97 Å². The summed E-state index contributed by atoms with van der Waals surface area (Å²) in [6.45, 7) is 13.9. The third kappa shape index (κ3) is 7.46. The fraction of sp³-hybridized carbons (Fsp3) is 0.609. The highest BCUT2D eigenvalue weighted by molar-refractivity contribution is 5.80. The molecule has 0 unspecified atom stereocenters. The van der Waals surface area contributed by atoms with E-state index in [9.17, 15) is 9.59 Å². The first-order valence-electron chi connectivity index (χ1n) is 20.3. The lowest BCUT2D eigenvalue weighted by molar-refractivity contribution is -0.154. The second kappa shape index (κ2) is 15.1. The van der Waals surface area contributed by atoms with Gasteiger partial charge in [0.25, 0.3) is 0 Å². The van der Waals surface area contributed by atoms with Crippen molar-refractivity contribution >= 4 is 16.9 Å². The van der Waals surface area contributed by atoms with Gasteiger partial charge in [0.15, 0.2) is 6.61 Å². The molecule has 3 aromatic rings. The Morgan fingerprint density at radius 1 is 0.942 bits per heavy atom. The number of ether oxygens (including phenoxy) is 3. The molecule has 280 valence electrons. The SMILES string of the molecule is Cc1oc2cc(OCC(=O)O[C@H]3CC[C@@]4(C)C(=CC[C@H]5[C@H]4CC[C@]4(C)C[C@@H]([C@H](C)CCCC(C)C)CC[C@@H]54)C3)ccc2c(=O)c1Oc1ccccc1. The summed E-state index contributed by atoms with van der Waals surface area (Å²) in [6.07, 6.45) is 17.5. The monoisotopic (exact) mass is 708 g/mol. The van der Waals surface area contributed by atoms with Crippen LogP contribution in [0.4, 0.5) is 0 Å². The normalized spacial score (nSPS) is 30.4. The largest absolute Gasteiger partial charge is 0.482 e. The molecule has 0 aliphatic heterocycles. The number of hydrogen-bond acceptors (Lipinski definition) is 6. The molecule has 6 nitrogen and oxygen atoms in total. The number of benzene rings is 2. The van der Waals surface area contributed by atoms with E-state index in [4.69, 9.17) is 18.6 Å². The Morgan fingerprint density at radius 2 is 1.75 bits per heavy atom. The van der Waals surface area contributed by atoms with Crippen LogP contribution in [0.15, 0.2) is 69.4 Å². The van der Waals surface area contributed by atoms with E-state index >= 15 is 0 Å². The quantitative estimate of drug-likeness (QED) is 0.146. The van der Waals surface area contributed by atoms with Gasteiger partial charge in [0.05, 0.1) is 5.39 Å². The maximum Gasteiger partial charge on any atom is 0.344 e. The minimum Gasteiger partial charge on any atom is -0.482 e. The van der Waals surface area contributed by atoms with Crippen LogP contribution in [-0.4, -0.2) is 18.7 Å². The standard InChI is InChI=1S/C46H60O6/c1-29(2)11-10-12-30(3)32-15-20-39-37-18-16-33-25-36(21-24-46(33,6)40(37)22-23-45(39,5)27-32)51-42(47)28-49-35-17-19-38-41(26-35)50-31(4)44(43(38)48)52-34-13-8-7-9-14-34/h7-9,13-14,16-17,19,26,29-30,32,36-37,39-40H,10-12,15,18,20-25,27-28H2,1-6H3/t30-,32+,36+,37-,39+,40-,45-,46+/m1/s1. The number of fused-ring (bicyclic) bond motifs is 6. The van der Waals surface area contributed by atoms with Gasteiger partial charge in [-0.3, -0.25) is 4.79 Å². The average Bonchev–Trinajstić information content (AvgIpc) is 3.12. The van der Waals surface area contributed by atoms with Gasteiger partial charge in [-0.05, 0) is 129 Å². The van der Waals surface area contributed by atoms with Crippen molar-refractivity contribution in [2.24, 2.45) is 46.3 Å². The minimum absolute atomic E-state index is 0.117. The predicted octanol–water partition coefficient (Wildman–Crippen LogP) is 11.6. The Bertz CT molecular complexity index is 1820. The van der Waals surface area contributed by atoms with Crippen molar-refractivity contribution in [1.29, 1.82) is 0 Å². The molecule has 52 heavy (non-hydrogen) atoms. The Balaban J connectivity index is 0.933. The number of aryl methyl sites for hydroxylation is 1. The van der Waals surface area contributed by atoms with E-state index in [0.29, 0.717) is 33.6 Å². The highest BCUT2D eigenvalue weighted by Crippen LogP contribution is 2.65. The molecule has 8 atom stereocenters. The van der Waals surface area contributed by atoms with Crippen LogP contribution in [0.25, 0.3) is 11.0 Å². The van der Waals surface area contributed by atoms with Crippen LogP contribution < -0.4 is 14.9 Å². The first-order valence-corrected chi connectivity index (χ1v) is 20.3. The summed E-state index contributed by atoms with van der Waals surface area (Å²) < 4.78 is 23.7. The van der Waals surface area contributed by atoms with Gasteiger partial charge in [-0.25, -0.2) is 4.79 Å². The van der Waals surface area contributed by atoms with E-state index in [0.717, 1.165) is 54.8 Å². The molecule has 1 aromatic heterocycles. The van der Waals surface area contributed by atoms with Crippen molar-refractivity contribution < 1.29 is 23.4 Å². The summed E-state index contributed by atoms with van der Waals surface area (Å²) in [5, 5.41) is 0.386. The van der Waals surface area contributed by atoms with Crippen LogP contribution in [0.5, 0.6) is 17.2 Å². The number of para-hydroxylation sites is 1. The lowest BCUT2D eigenvalue weighted by Crippen LogP contribution is -2.52. The van der Waals surface area contributed by atoms with E-state index in [1.54, 1.807) is 37.3 Å². The molecule has 4 aliphatic rings. The summed E-state index contributed by atoms with van der Waals surface area (Å²) in [7, 11) is 0. The fourth-order valence-corrected chi connectivity index (χ4v) is 11.0. The summed E-state index contributed by atoms with van der Waals surface area (Å²) in [5.74, 6) is 6.09. The highest BCUT2D eigenvalue weighted by atomic mass is 16.6. The van der Waals surface area contributed by atoms with E-state index in [2.05, 4.69) is 40.7 Å². The van der Waals surface area contributed by atoms with Gasteiger partial charge in [-0.15, -0.1) is 0 Å². The van der Waals surface area contributed by atoms with Gasteiger partial charge in [-0.1, -0.05) is 83.7 Å². The lowest BCUT2D eigenvalue weighted by atomic mass is 9.44. The maximum absolute atomic E-state index is 13.2. The van der Waals surface area contributed by atoms with Crippen molar-refractivity contribution in [2.45, 2.75) is 125 Å².